The maximum Gasteiger partial charge on any atom is 0.164 e. The zero-order valence-electron chi connectivity index (χ0n) is 13.7. The molecule has 4 nitrogen and oxygen atoms in total. The molecule has 0 aromatic heterocycles. The minimum atomic E-state index is -3.16. The maximum absolute atomic E-state index is 14.4. The molecular formula is C18H16ClFN2O2S2. The van der Waals surface area contributed by atoms with E-state index >= 15 is 0 Å². The first-order valence-corrected chi connectivity index (χ1v) is 11.3. The number of nitrogens with zero attached hydrogens (tertiary/aromatic N) is 2. The van der Waals surface area contributed by atoms with Gasteiger partial charge in [0, 0.05) is 10.8 Å². The second-order valence-corrected chi connectivity index (χ2v) is 9.83. The smallest absolute Gasteiger partial charge is 0.164 e. The lowest BCUT2D eigenvalue weighted by Gasteiger charge is -2.26. The summed E-state index contributed by atoms with van der Waals surface area (Å²) in [6.45, 7) is 0. The lowest BCUT2D eigenvalue weighted by atomic mass is 10.1. The molecule has 136 valence electrons. The van der Waals surface area contributed by atoms with Crippen molar-refractivity contribution in [3.05, 3.63) is 64.9 Å². The van der Waals surface area contributed by atoms with Gasteiger partial charge in [-0.25, -0.2) is 12.8 Å². The Morgan fingerprint density at radius 3 is 2.65 bits per heavy atom. The molecule has 8 heteroatoms. The van der Waals surface area contributed by atoms with Crippen LogP contribution in [0.1, 0.15) is 5.56 Å². The maximum atomic E-state index is 14.4. The summed E-state index contributed by atoms with van der Waals surface area (Å²) in [5.41, 5.74) is 1.32. The Balaban J connectivity index is 1.65. The van der Waals surface area contributed by atoms with Crippen LogP contribution >= 0.6 is 23.4 Å². The summed E-state index contributed by atoms with van der Waals surface area (Å²) in [5, 5.41) is 1.30. The van der Waals surface area contributed by atoms with E-state index < -0.39 is 9.84 Å². The number of sulfone groups is 1. The lowest BCUT2D eigenvalue weighted by Crippen LogP contribution is -2.39. The molecule has 1 saturated heterocycles. The Hall–Kier alpha value is -1.57. The molecule has 4 rings (SSSR count). The molecule has 2 aliphatic rings. The van der Waals surface area contributed by atoms with Crippen molar-refractivity contribution in [1.29, 1.82) is 0 Å². The number of rotatable bonds is 3. The second-order valence-electron chi connectivity index (χ2n) is 6.32. The summed E-state index contributed by atoms with van der Waals surface area (Å²) in [6.07, 6.45) is 0. The number of aliphatic imine (C=N–C) groups is 1. The minimum Gasteiger partial charge on any atom is -0.312 e. The molecule has 0 saturated carbocycles. The van der Waals surface area contributed by atoms with Crippen molar-refractivity contribution in [2.24, 2.45) is 4.99 Å². The first-order chi connectivity index (χ1) is 12.4. The van der Waals surface area contributed by atoms with Crippen molar-refractivity contribution < 1.29 is 12.8 Å². The first-order valence-electron chi connectivity index (χ1n) is 8.13. The van der Waals surface area contributed by atoms with Crippen LogP contribution in [-0.2, 0) is 15.6 Å². The number of hydrogen-bond acceptors (Lipinski definition) is 5. The predicted octanol–water partition coefficient (Wildman–Crippen LogP) is 3.75. The predicted molar refractivity (Wildman–Crippen MR) is 105 cm³/mol. The fourth-order valence-electron chi connectivity index (χ4n) is 3.32. The highest BCUT2D eigenvalue weighted by Crippen LogP contribution is 2.37. The number of hydrogen-bond donors (Lipinski definition) is 0. The van der Waals surface area contributed by atoms with Crippen LogP contribution in [0.4, 0.5) is 10.1 Å². The van der Waals surface area contributed by atoms with Crippen LogP contribution in [0, 0.1) is 5.82 Å². The molecular weight excluding hydrogens is 395 g/mol. The van der Waals surface area contributed by atoms with Crippen LogP contribution < -0.4 is 4.90 Å². The molecule has 2 unspecified atom stereocenters. The van der Waals surface area contributed by atoms with Gasteiger partial charge >= 0.3 is 0 Å². The van der Waals surface area contributed by atoms with Crippen LogP contribution in [-0.4, -0.2) is 37.2 Å². The summed E-state index contributed by atoms with van der Waals surface area (Å²) in [4.78, 5) is 6.35. The van der Waals surface area contributed by atoms with Crippen molar-refractivity contribution in [3.8, 4) is 0 Å². The molecule has 0 N–H and O–H groups in total. The summed E-state index contributed by atoms with van der Waals surface area (Å²) < 4.78 is 38.5. The van der Waals surface area contributed by atoms with Gasteiger partial charge in [-0.2, -0.15) is 0 Å². The van der Waals surface area contributed by atoms with Gasteiger partial charge in [0.25, 0.3) is 0 Å². The lowest BCUT2D eigenvalue weighted by molar-refractivity contribution is 0.600. The quantitative estimate of drug-likeness (QED) is 0.773. The van der Waals surface area contributed by atoms with Gasteiger partial charge in [0.15, 0.2) is 15.0 Å². The van der Waals surface area contributed by atoms with Crippen LogP contribution in [0.5, 0.6) is 0 Å². The highest BCUT2D eigenvalue weighted by molar-refractivity contribution is 8.13. The van der Waals surface area contributed by atoms with E-state index in [4.69, 9.17) is 11.6 Å². The van der Waals surface area contributed by atoms with E-state index in [1.54, 1.807) is 23.1 Å². The topological polar surface area (TPSA) is 49.7 Å². The fourth-order valence-corrected chi connectivity index (χ4v) is 6.57. The van der Waals surface area contributed by atoms with Crippen LogP contribution in [0.15, 0.2) is 53.5 Å². The minimum absolute atomic E-state index is 0.00828. The molecule has 2 heterocycles. The van der Waals surface area contributed by atoms with Gasteiger partial charge in [0.1, 0.15) is 5.82 Å². The van der Waals surface area contributed by atoms with E-state index in [0.29, 0.717) is 21.6 Å². The average molecular weight is 411 g/mol. The van der Waals surface area contributed by atoms with Gasteiger partial charge in [-0.05, 0) is 23.8 Å². The van der Waals surface area contributed by atoms with E-state index in [1.165, 1.54) is 17.8 Å². The van der Waals surface area contributed by atoms with E-state index in [2.05, 4.69) is 4.99 Å². The SMILES string of the molecule is O=S1(=O)CC2N=C(SCc3ccccc3Cl)N(c3ccccc3F)C2C1. The Bertz CT molecular complexity index is 981. The van der Waals surface area contributed by atoms with E-state index in [0.717, 1.165) is 5.56 Å². The van der Waals surface area contributed by atoms with Crippen molar-refractivity contribution in [2.45, 2.75) is 17.8 Å². The van der Waals surface area contributed by atoms with E-state index in [9.17, 15) is 12.8 Å². The van der Waals surface area contributed by atoms with Crippen LogP contribution in [0.2, 0.25) is 5.02 Å². The molecule has 2 aromatic rings. The number of halogens is 2. The summed E-state index contributed by atoms with van der Waals surface area (Å²) in [7, 11) is -3.16. The number of anilines is 1. The van der Waals surface area contributed by atoms with Gasteiger partial charge < -0.3 is 4.90 Å². The second kappa shape index (κ2) is 6.87. The molecule has 0 radical (unpaired) electrons. The normalized spacial score (nSPS) is 23.8. The largest absolute Gasteiger partial charge is 0.312 e. The third kappa shape index (κ3) is 3.35. The van der Waals surface area contributed by atoms with E-state index in [-0.39, 0.29) is 29.4 Å². The molecule has 0 bridgehead atoms. The first kappa shape index (κ1) is 17.8. The third-order valence-electron chi connectivity index (χ3n) is 4.53. The fraction of sp³-hybridized carbons (Fsp3) is 0.278. The Labute approximate surface area is 161 Å². The van der Waals surface area contributed by atoms with Gasteiger partial charge in [-0.1, -0.05) is 53.7 Å². The summed E-state index contributed by atoms with van der Waals surface area (Å²) in [5.74, 6) is 0.198. The highest BCUT2D eigenvalue weighted by Gasteiger charge is 2.47. The number of amidine groups is 1. The molecule has 0 amide bonds. The van der Waals surface area contributed by atoms with Crippen LogP contribution in [0.3, 0.4) is 0 Å². The molecule has 0 aliphatic carbocycles. The zero-order valence-corrected chi connectivity index (χ0v) is 16.1. The monoisotopic (exact) mass is 410 g/mol. The van der Waals surface area contributed by atoms with Gasteiger partial charge in [-0.15, -0.1) is 0 Å². The molecule has 26 heavy (non-hydrogen) atoms. The zero-order chi connectivity index (χ0) is 18.3. The van der Waals surface area contributed by atoms with Crippen molar-refractivity contribution in [2.75, 3.05) is 16.4 Å². The Kier molecular flexibility index (Phi) is 4.71. The summed E-state index contributed by atoms with van der Waals surface area (Å²) in [6, 6.07) is 13.2. The Morgan fingerprint density at radius 1 is 1.15 bits per heavy atom. The van der Waals surface area contributed by atoms with Crippen molar-refractivity contribution in [3.63, 3.8) is 0 Å². The molecule has 2 aliphatic heterocycles. The number of thioether (sulfide) groups is 1. The third-order valence-corrected chi connectivity index (χ3v) is 7.62. The van der Waals surface area contributed by atoms with Gasteiger partial charge in [-0.3, -0.25) is 4.99 Å². The molecule has 1 fully saturated rings. The molecule has 2 aromatic carbocycles. The molecule has 2 atom stereocenters. The standard InChI is InChI=1S/C18H16ClFN2O2S2/c19-13-6-2-1-5-12(13)9-25-18-21-15-10-26(23,24)11-17(15)22(18)16-8-4-3-7-14(16)20/h1-8,15,17H,9-11H2. The van der Waals surface area contributed by atoms with E-state index in [1.807, 2.05) is 24.3 Å². The van der Waals surface area contributed by atoms with Gasteiger partial charge in [0.2, 0.25) is 0 Å². The summed E-state index contributed by atoms with van der Waals surface area (Å²) >= 11 is 7.67. The van der Waals surface area contributed by atoms with Gasteiger partial charge in [0.05, 0.1) is 29.3 Å². The number of fused-ring (bicyclic) bond motifs is 1. The van der Waals surface area contributed by atoms with Crippen molar-refractivity contribution >= 4 is 44.1 Å². The highest BCUT2D eigenvalue weighted by atomic mass is 35.5. The van der Waals surface area contributed by atoms with Crippen molar-refractivity contribution in [1.82, 2.24) is 0 Å². The van der Waals surface area contributed by atoms with Crippen LogP contribution in [0.25, 0.3) is 0 Å². The average Bonchev–Trinajstić information content (AvgIpc) is 3.06. The number of para-hydroxylation sites is 1. The molecule has 0 spiro atoms. The Morgan fingerprint density at radius 2 is 1.88 bits per heavy atom. The number of benzene rings is 2.